The first-order chi connectivity index (χ1) is 6.16. The highest BCUT2D eigenvalue weighted by Crippen LogP contribution is 2.27. The molecule has 13 heavy (non-hydrogen) atoms. The third-order valence-electron chi connectivity index (χ3n) is 2.14. The van der Waals surface area contributed by atoms with Crippen molar-refractivity contribution in [2.24, 2.45) is 5.73 Å². The predicted molar refractivity (Wildman–Crippen MR) is 55.2 cm³/mol. The van der Waals surface area contributed by atoms with Crippen molar-refractivity contribution in [1.29, 1.82) is 0 Å². The second-order valence-electron chi connectivity index (χ2n) is 3.06. The Morgan fingerprint density at radius 3 is 2.77 bits per heavy atom. The molecule has 0 aliphatic heterocycles. The lowest BCUT2D eigenvalue weighted by atomic mass is 10.0. The van der Waals surface area contributed by atoms with Gasteiger partial charge in [0.05, 0.1) is 0 Å². The molecule has 1 rings (SSSR count). The van der Waals surface area contributed by atoms with E-state index in [4.69, 9.17) is 17.3 Å². The predicted octanol–water partition coefficient (Wildman–Crippen LogP) is 2.25. The summed E-state index contributed by atoms with van der Waals surface area (Å²) in [7, 11) is 0. The van der Waals surface area contributed by atoms with Crippen LogP contribution in [0.4, 0.5) is 0 Å². The van der Waals surface area contributed by atoms with E-state index in [2.05, 4.69) is 0 Å². The summed E-state index contributed by atoms with van der Waals surface area (Å²) in [6.45, 7) is 2.54. The van der Waals surface area contributed by atoms with Gasteiger partial charge < -0.3 is 10.8 Å². The SMILES string of the molecule is Cc1c(Cl)ccc(O)c1CCCN. The van der Waals surface area contributed by atoms with Gasteiger partial charge in [-0.1, -0.05) is 11.6 Å². The van der Waals surface area contributed by atoms with Crippen molar-refractivity contribution in [3.63, 3.8) is 0 Å². The molecule has 0 spiro atoms. The lowest BCUT2D eigenvalue weighted by Gasteiger charge is -2.08. The van der Waals surface area contributed by atoms with Crippen LogP contribution in [0.2, 0.25) is 5.02 Å². The van der Waals surface area contributed by atoms with Crippen molar-refractivity contribution >= 4 is 11.6 Å². The summed E-state index contributed by atoms with van der Waals surface area (Å²) in [4.78, 5) is 0. The standard InChI is InChI=1S/C10H14ClNO/c1-7-8(3-2-6-12)10(13)5-4-9(7)11/h4-5,13H,2-3,6,12H2,1H3. The fourth-order valence-corrected chi connectivity index (χ4v) is 1.49. The van der Waals surface area contributed by atoms with Gasteiger partial charge in [-0.15, -0.1) is 0 Å². The number of benzene rings is 1. The van der Waals surface area contributed by atoms with Crippen LogP contribution in [-0.2, 0) is 6.42 Å². The number of phenolic OH excluding ortho intramolecular Hbond substituents is 1. The molecule has 0 aliphatic rings. The Bertz CT molecular complexity index is 299. The first-order valence-electron chi connectivity index (χ1n) is 4.34. The van der Waals surface area contributed by atoms with Crippen molar-refractivity contribution in [3.05, 3.63) is 28.3 Å². The minimum Gasteiger partial charge on any atom is -0.508 e. The van der Waals surface area contributed by atoms with Gasteiger partial charge >= 0.3 is 0 Å². The molecule has 1 aromatic rings. The summed E-state index contributed by atoms with van der Waals surface area (Å²) in [6.07, 6.45) is 1.66. The quantitative estimate of drug-likeness (QED) is 0.785. The molecule has 0 bridgehead atoms. The van der Waals surface area contributed by atoms with Crippen molar-refractivity contribution in [2.75, 3.05) is 6.54 Å². The maximum absolute atomic E-state index is 9.54. The van der Waals surface area contributed by atoms with Crippen LogP contribution in [-0.4, -0.2) is 11.7 Å². The van der Waals surface area contributed by atoms with E-state index in [0.29, 0.717) is 17.3 Å². The fourth-order valence-electron chi connectivity index (χ4n) is 1.31. The number of hydrogen-bond acceptors (Lipinski definition) is 2. The molecule has 1 aromatic carbocycles. The molecule has 0 amide bonds. The van der Waals surface area contributed by atoms with E-state index in [-0.39, 0.29) is 0 Å². The molecule has 0 aliphatic carbocycles. The Morgan fingerprint density at radius 1 is 1.46 bits per heavy atom. The maximum atomic E-state index is 9.54. The van der Waals surface area contributed by atoms with Crippen LogP contribution in [0.15, 0.2) is 12.1 Å². The molecule has 0 aromatic heterocycles. The van der Waals surface area contributed by atoms with E-state index >= 15 is 0 Å². The Balaban J connectivity index is 2.96. The Hall–Kier alpha value is -0.730. The molecule has 2 nitrogen and oxygen atoms in total. The topological polar surface area (TPSA) is 46.2 Å². The Morgan fingerprint density at radius 2 is 2.15 bits per heavy atom. The van der Waals surface area contributed by atoms with E-state index in [1.54, 1.807) is 12.1 Å². The van der Waals surface area contributed by atoms with Gasteiger partial charge in [0.25, 0.3) is 0 Å². The van der Waals surface area contributed by atoms with Gasteiger partial charge in [0.15, 0.2) is 0 Å². The largest absolute Gasteiger partial charge is 0.508 e. The van der Waals surface area contributed by atoms with E-state index in [0.717, 1.165) is 24.0 Å². The minimum absolute atomic E-state index is 0.315. The number of aromatic hydroxyl groups is 1. The van der Waals surface area contributed by atoms with Crippen LogP contribution < -0.4 is 5.73 Å². The van der Waals surface area contributed by atoms with Crippen molar-refractivity contribution in [3.8, 4) is 5.75 Å². The molecular weight excluding hydrogens is 186 g/mol. The van der Waals surface area contributed by atoms with Gasteiger partial charge in [-0.2, -0.15) is 0 Å². The number of hydrogen-bond donors (Lipinski definition) is 2. The zero-order valence-corrected chi connectivity index (χ0v) is 8.43. The summed E-state index contributed by atoms with van der Waals surface area (Å²) < 4.78 is 0. The average molecular weight is 200 g/mol. The Labute approximate surface area is 83.3 Å². The number of phenols is 1. The van der Waals surface area contributed by atoms with Crippen molar-refractivity contribution in [1.82, 2.24) is 0 Å². The van der Waals surface area contributed by atoms with Gasteiger partial charge in [-0.05, 0) is 49.6 Å². The van der Waals surface area contributed by atoms with Gasteiger partial charge in [0.1, 0.15) is 5.75 Å². The number of rotatable bonds is 3. The molecule has 3 N–H and O–H groups in total. The summed E-state index contributed by atoms with van der Waals surface area (Å²) in [6, 6.07) is 3.33. The highest BCUT2D eigenvalue weighted by molar-refractivity contribution is 6.31. The highest BCUT2D eigenvalue weighted by atomic mass is 35.5. The molecule has 0 atom stereocenters. The molecular formula is C10H14ClNO. The van der Waals surface area contributed by atoms with Crippen LogP contribution >= 0.6 is 11.6 Å². The van der Waals surface area contributed by atoms with E-state index in [1.807, 2.05) is 6.92 Å². The number of nitrogens with two attached hydrogens (primary N) is 1. The molecule has 0 saturated heterocycles. The first-order valence-corrected chi connectivity index (χ1v) is 4.71. The summed E-state index contributed by atoms with van der Waals surface area (Å²) >= 11 is 5.92. The summed E-state index contributed by atoms with van der Waals surface area (Å²) in [5.41, 5.74) is 7.27. The zero-order valence-electron chi connectivity index (χ0n) is 7.68. The van der Waals surface area contributed by atoms with Gasteiger partial charge in [-0.3, -0.25) is 0 Å². The average Bonchev–Trinajstić information content (AvgIpc) is 2.12. The van der Waals surface area contributed by atoms with Gasteiger partial charge in [0, 0.05) is 5.02 Å². The minimum atomic E-state index is 0.315. The van der Waals surface area contributed by atoms with Crippen LogP contribution in [0.25, 0.3) is 0 Å². The van der Waals surface area contributed by atoms with E-state index in [9.17, 15) is 5.11 Å². The Kier molecular flexibility index (Phi) is 3.58. The third-order valence-corrected chi connectivity index (χ3v) is 2.55. The smallest absolute Gasteiger partial charge is 0.119 e. The second kappa shape index (κ2) is 4.49. The molecule has 0 saturated carbocycles. The molecule has 0 heterocycles. The molecule has 72 valence electrons. The van der Waals surface area contributed by atoms with Crippen molar-refractivity contribution < 1.29 is 5.11 Å². The van der Waals surface area contributed by atoms with Crippen molar-refractivity contribution in [2.45, 2.75) is 19.8 Å². The molecule has 0 fully saturated rings. The van der Waals surface area contributed by atoms with Gasteiger partial charge in [0.2, 0.25) is 0 Å². The molecule has 3 heteroatoms. The second-order valence-corrected chi connectivity index (χ2v) is 3.47. The molecule has 0 unspecified atom stereocenters. The van der Waals surface area contributed by atoms with Crippen LogP contribution in [0.1, 0.15) is 17.5 Å². The zero-order chi connectivity index (χ0) is 9.84. The lowest BCUT2D eigenvalue weighted by Crippen LogP contribution is -2.01. The first kappa shape index (κ1) is 10.4. The fraction of sp³-hybridized carbons (Fsp3) is 0.400. The number of halogens is 1. The normalized spacial score (nSPS) is 10.4. The van der Waals surface area contributed by atoms with Gasteiger partial charge in [-0.25, -0.2) is 0 Å². The van der Waals surface area contributed by atoms with Crippen LogP contribution in [0, 0.1) is 6.92 Å². The molecule has 0 radical (unpaired) electrons. The monoisotopic (exact) mass is 199 g/mol. The maximum Gasteiger partial charge on any atom is 0.119 e. The van der Waals surface area contributed by atoms with E-state index < -0.39 is 0 Å². The summed E-state index contributed by atoms with van der Waals surface area (Å²) in [5, 5.41) is 10.2. The highest BCUT2D eigenvalue weighted by Gasteiger charge is 2.07. The van der Waals surface area contributed by atoms with Crippen LogP contribution in [0.5, 0.6) is 5.75 Å². The summed E-state index contributed by atoms with van der Waals surface area (Å²) in [5.74, 6) is 0.315. The lowest BCUT2D eigenvalue weighted by molar-refractivity contribution is 0.466. The van der Waals surface area contributed by atoms with E-state index in [1.165, 1.54) is 0 Å². The third kappa shape index (κ3) is 2.36. The van der Waals surface area contributed by atoms with Crippen LogP contribution in [0.3, 0.4) is 0 Å².